The number of nitrogens with one attached hydrogen (secondary N) is 1. The molecule has 3 nitrogen and oxygen atoms in total. The zero-order chi connectivity index (χ0) is 13.0. The highest BCUT2D eigenvalue weighted by molar-refractivity contribution is 4.87. The van der Waals surface area contributed by atoms with Crippen molar-refractivity contribution in [3.05, 3.63) is 0 Å². The first-order chi connectivity index (χ1) is 8.72. The van der Waals surface area contributed by atoms with Crippen molar-refractivity contribution in [2.24, 2.45) is 0 Å². The summed E-state index contributed by atoms with van der Waals surface area (Å²) in [6, 6.07) is 1.81. The number of rotatable bonds is 3. The molecule has 0 saturated heterocycles. The Hall–Kier alpha value is -0.120. The monoisotopic (exact) mass is 254 g/mol. The Bertz CT molecular complexity index is 239. The molecule has 0 aromatic heterocycles. The van der Waals surface area contributed by atoms with Crippen LogP contribution in [0, 0.1) is 0 Å². The molecule has 0 bridgehead atoms. The highest BCUT2D eigenvalue weighted by atomic mass is 16.3. The van der Waals surface area contributed by atoms with Gasteiger partial charge in [0.1, 0.15) is 0 Å². The number of aliphatic hydroxyl groups excluding tert-OH is 1. The van der Waals surface area contributed by atoms with E-state index in [0.717, 1.165) is 6.42 Å². The van der Waals surface area contributed by atoms with Gasteiger partial charge in [0.2, 0.25) is 0 Å². The number of aliphatic hydroxyl groups is 1. The van der Waals surface area contributed by atoms with Crippen LogP contribution in [0.5, 0.6) is 0 Å². The van der Waals surface area contributed by atoms with Crippen LogP contribution in [0.3, 0.4) is 0 Å². The summed E-state index contributed by atoms with van der Waals surface area (Å²) in [6.45, 7) is 0. The van der Waals surface area contributed by atoms with Gasteiger partial charge in [-0.3, -0.25) is 4.90 Å². The minimum atomic E-state index is -0.0977. The van der Waals surface area contributed by atoms with Crippen molar-refractivity contribution in [1.29, 1.82) is 0 Å². The van der Waals surface area contributed by atoms with Gasteiger partial charge in [-0.1, -0.05) is 19.3 Å². The number of hydrogen-bond acceptors (Lipinski definition) is 3. The van der Waals surface area contributed by atoms with Gasteiger partial charge in [0.25, 0.3) is 0 Å². The van der Waals surface area contributed by atoms with Crippen molar-refractivity contribution in [1.82, 2.24) is 10.2 Å². The van der Waals surface area contributed by atoms with E-state index in [0.29, 0.717) is 18.1 Å². The highest BCUT2D eigenvalue weighted by Gasteiger charge is 2.31. The van der Waals surface area contributed by atoms with E-state index < -0.39 is 0 Å². The van der Waals surface area contributed by atoms with Crippen LogP contribution in [-0.2, 0) is 0 Å². The molecule has 2 unspecified atom stereocenters. The molecule has 0 aromatic carbocycles. The third-order valence-electron chi connectivity index (χ3n) is 5.15. The normalized spacial score (nSPS) is 38.7. The Kier molecular flexibility index (Phi) is 5.46. The van der Waals surface area contributed by atoms with E-state index in [2.05, 4.69) is 24.3 Å². The molecule has 2 fully saturated rings. The van der Waals surface area contributed by atoms with Crippen molar-refractivity contribution < 1.29 is 5.11 Å². The quantitative estimate of drug-likeness (QED) is 0.758. The second kappa shape index (κ2) is 6.88. The molecule has 2 saturated carbocycles. The van der Waals surface area contributed by atoms with Crippen LogP contribution in [0.25, 0.3) is 0 Å². The summed E-state index contributed by atoms with van der Waals surface area (Å²) < 4.78 is 0. The molecule has 0 amide bonds. The molecule has 0 radical (unpaired) electrons. The maximum atomic E-state index is 10.3. The Morgan fingerprint density at radius 2 is 1.61 bits per heavy atom. The smallest absolute Gasteiger partial charge is 0.0695 e. The summed E-state index contributed by atoms with van der Waals surface area (Å²) >= 11 is 0. The van der Waals surface area contributed by atoms with E-state index in [1.54, 1.807) is 0 Å². The SMILES string of the molecule is CNC1CCC(N(C)C2CCCCCC2O)CC1. The predicted molar refractivity (Wildman–Crippen MR) is 75.7 cm³/mol. The van der Waals surface area contributed by atoms with Gasteiger partial charge in [0.15, 0.2) is 0 Å². The summed E-state index contributed by atoms with van der Waals surface area (Å²) in [6.07, 6.45) is 11.0. The molecule has 2 rings (SSSR count). The van der Waals surface area contributed by atoms with E-state index in [1.165, 1.54) is 51.4 Å². The third-order valence-corrected chi connectivity index (χ3v) is 5.15. The lowest BCUT2D eigenvalue weighted by Crippen LogP contribution is -2.48. The van der Waals surface area contributed by atoms with Gasteiger partial charge in [0.05, 0.1) is 6.10 Å². The van der Waals surface area contributed by atoms with Crippen molar-refractivity contribution >= 4 is 0 Å². The van der Waals surface area contributed by atoms with Crippen molar-refractivity contribution in [3.8, 4) is 0 Å². The van der Waals surface area contributed by atoms with E-state index in [1.807, 2.05) is 0 Å². The molecule has 2 atom stereocenters. The molecule has 2 N–H and O–H groups in total. The first-order valence-corrected chi connectivity index (χ1v) is 7.79. The summed E-state index contributed by atoms with van der Waals surface area (Å²) in [4.78, 5) is 2.50. The summed E-state index contributed by atoms with van der Waals surface area (Å²) in [7, 11) is 4.31. The average Bonchev–Trinajstić information content (AvgIpc) is 2.63. The zero-order valence-corrected chi connectivity index (χ0v) is 12.1. The maximum Gasteiger partial charge on any atom is 0.0695 e. The van der Waals surface area contributed by atoms with E-state index in [9.17, 15) is 5.11 Å². The molecule has 106 valence electrons. The second-order valence-corrected chi connectivity index (χ2v) is 6.23. The Morgan fingerprint density at radius 3 is 2.28 bits per heavy atom. The summed E-state index contributed by atoms with van der Waals surface area (Å²) in [5, 5.41) is 13.7. The van der Waals surface area contributed by atoms with Gasteiger partial charge in [-0.15, -0.1) is 0 Å². The third kappa shape index (κ3) is 3.46. The van der Waals surface area contributed by atoms with Crippen molar-refractivity contribution in [3.63, 3.8) is 0 Å². The van der Waals surface area contributed by atoms with Gasteiger partial charge < -0.3 is 10.4 Å². The lowest BCUT2D eigenvalue weighted by atomic mass is 9.89. The lowest BCUT2D eigenvalue weighted by molar-refractivity contribution is 0.0243. The first kappa shape index (κ1) is 14.3. The Balaban J connectivity index is 1.87. The van der Waals surface area contributed by atoms with Gasteiger partial charge in [-0.2, -0.15) is 0 Å². The number of likely N-dealkylation sites (N-methyl/N-ethyl adjacent to an activating group) is 1. The van der Waals surface area contributed by atoms with Crippen molar-refractivity contribution in [2.45, 2.75) is 82.0 Å². The Morgan fingerprint density at radius 1 is 0.944 bits per heavy atom. The van der Waals surface area contributed by atoms with Crippen molar-refractivity contribution in [2.75, 3.05) is 14.1 Å². The van der Waals surface area contributed by atoms with Gasteiger partial charge in [-0.05, 0) is 52.6 Å². The topological polar surface area (TPSA) is 35.5 Å². The molecule has 0 aromatic rings. The molecule has 0 heterocycles. The molecule has 18 heavy (non-hydrogen) atoms. The van der Waals surface area contributed by atoms with Crippen LogP contribution in [0.2, 0.25) is 0 Å². The van der Waals surface area contributed by atoms with E-state index in [-0.39, 0.29) is 6.10 Å². The predicted octanol–water partition coefficient (Wildman–Crippen LogP) is 2.14. The van der Waals surface area contributed by atoms with Gasteiger partial charge >= 0.3 is 0 Å². The van der Waals surface area contributed by atoms with Gasteiger partial charge in [0, 0.05) is 18.1 Å². The first-order valence-electron chi connectivity index (χ1n) is 7.79. The molecule has 2 aliphatic rings. The molecular formula is C15H30N2O. The molecule has 3 heteroatoms. The van der Waals surface area contributed by atoms with Crippen LogP contribution in [0.15, 0.2) is 0 Å². The standard InChI is InChI=1S/C15H30N2O/c1-16-12-8-10-13(11-9-12)17(2)14-6-4-3-5-7-15(14)18/h12-16,18H,3-11H2,1-2H3. The highest BCUT2D eigenvalue weighted by Crippen LogP contribution is 2.28. The van der Waals surface area contributed by atoms with Crippen LogP contribution in [-0.4, -0.2) is 48.3 Å². The van der Waals surface area contributed by atoms with E-state index in [4.69, 9.17) is 0 Å². The zero-order valence-electron chi connectivity index (χ0n) is 12.1. The fourth-order valence-electron chi connectivity index (χ4n) is 3.79. The molecule has 0 spiro atoms. The van der Waals surface area contributed by atoms with Crippen LogP contribution < -0.4 is 5.32 Å². The molecule has 2 aliphatic carbocycles. The summed E-state index contributed by atoms with van der Waals surface area (Å²) in [5.74, 6) is 0. The van der Waals surface area contributed by atoms with Crippen LogP contribution in [0.4, 0.5) is 0 Å². The van der Waals surface area contributed by atoms with Crippen LogP contribution in [0.1, 0.15) is 57.8 Å². The second-order valence-electron chi connectivity index (χ2n) is 6.23. The van der Waals surface area contributed by atoms with E-state index >= 15 is 0 Å². The molecular weight excluding hydrogens is 224 g/mol. The largest absolute Gasteiger partial charge is 0.391 e. The summed E-state index contributed by atoms with van der Waals surface area (Å²) in [5.41, 5.74) is 0. The fourth-order valence-corrected chi connectivity index (χ4v) is 3.79. The fraction of sp³-hybridized carbons (Fsp3) is 1.00. The molecule has 0 aliphatic heterocycles. The minimum absolute atomic E-state index is 0.0977. The number of nitrogens with zero attached hydrogens (tertiary/aromatic N) is 1. The average molecular weight is 254 g/mol. The number of hydrogen-bond donors (Lipinski definition) is 2. The maximum absolute atomic E-state index is 10.3. The van der Waals surface area contributed by atoms with Crippen LogP contribution >= 0.6 is 0 Å². The van der Waals surface area contributed by atoms with Gasteiger partial charge in [-0.25, -0.2) is 0 Å². The minimum Gasteiger partial charge on any atom is -0.391 e. The Labute approximate surface area is 112 Å². The lowest BCUT2D eigenvalue weighted by Gasteiger charge is -2.40.